The lowest BCUT2D eigenvalue weighted by atomic mass is 9.84. The Morgan fingerprint density at radius 2 is 1.70 bits per heavy atom. The van der Waals surface area contributed by atoms with Gasteiger partial charge in [0.1, 0.15) is 12.2 Å². The monoisotopic (exact) mass is 502 g/mol. The normalized spacial score (nSPS) is 13.1. The molecule has 2 amide bonds. The molecule has 0 aromatic heterocycles. The van der Waals surface area contributed by atoms with Crippen LogP contribution in [0.4, 0.5) is 18.0 Å². The smallest absolute Gasteiger partial charge is 0.410 e. The summed E-state index contributed by atoms with van der Waals surface area (Å²) in [5.41, 5.74) is -0.909. The van der Waals surface area contributed by atoms with Gasteiger partial charge in [-0.05, 0) is 36.2 Å². The van der Waals surface area contributed by atoms with E-state index in [0.29, 0.717) is 5.56 Å². The van der Waals surface area contributed by atoms with Crippen molar-refractivity contribution in [1.82, 2.24) is 9.80 Å². The second-order valence-electron chi connectivity index (χ2n) is 7.44. The lowest BCUT2D eigenvalue weighted by molar-refractivity contribution is -0.161. The zero-order chi connectivity index (χ0) is 24.8. The minimum absolute atomic E-state index is 0.0784. The van der Waals surface area contributed by atoms with Crippen LogP contribution in [0.1, 0.15) is 18.4 Å². The average molecular weight is 503 g/mol. The van der Waals surface area contributed by atoms with E-state index < -0.39 is 30.1 Å². The van der Waals surface area contributed by atoms with Crippen molar-refractivity contribution in [3.05, 3.63) is 76.8 Å². The van der Waals surface area contributed by atoms with E-state index in [1.807, 2.05) is 0 Å². The highest BCUT2D eigenvalue weighted by atomic mass is 35.5. The number of para-hydroxylation sites is 1. The van der Waals surface area contributed by atoms with E-state index >= 15 is 0 Å². The standard InChI is InChI=1S/C23H23Cl2F3N2O3/c1-4-12-22(16-10-11-18(24)19(25)13-16,15-29(2)20(31)14-23(26,27)28)30(3)21(32)33-17-8-6-5-7-9-17/h4-11,13H,1,12,14-15H2,2-3H3/t22-/m1/s1. The highest BCUT2D eigenvalue weighted by molar-refractivity contribution is 6.42. The maximum atomic E-state index is 13.1. The van der Waals surface area contributed by atoms with Crippen LogP contribution < -0.4 is 4.74 Å². The molecule has 2 rings (SSSR count). The Hall–Kier alpha value is -2.71. The molecular formula is C23H23Cl2F3N2O3. The largest absolute Gasteiger partial charge is 0.415 e. The maximum Gasteiger partial charge on any atom is 0.415 e. The first-order valence-electron chi connectivity index (χ1n) is 9.77. The molecule has 0 heterocycles. The van der Waals surface area contributed by atoms with Gasteiger partial charge in [0.05, 0.1) is 15.6 Å². The molecule has 10 heteroatoms. The van der Waals surface area contributed by atoms with E-state index in [1.165, 1.54) is 37.2 Å². The van der Waals surface area contributed by atoms with Crippen LogP contribution in [0.25, 0.3) is 0 Å². The molecule has 0 aliphatic carbocycles. The Labute approximate surface area is 200 Å². The molecular weight excluding hydrogens is 480 g/mol. The van der Waals surface area contributed by atoms with Crippen molar-refractivity contribution < 1.29 is 27.5 Å². The number of rotatable bonds is 8. The van der Waals surface area contributed by atoms with Gasteiger partial charge >= 0.3 is 12.3 Å². The van der Waals surface area contributed by atoms with Crippen molar-refractivity contribution in [2.24, 2.45) is 0 Å². The first kappa shape index (κ1) is 26.5. The van der Waals surface area contributed by atoms with Crippen LogP contribution in [0.3, 0.4) is 0 Å². The molecule has 0 fully saturated rings. The topological polar surface area (TPSA) is 49.9 Å². The molecule has 0 aliphatic rings. The second kappa shape index (κ2) is 10.9. The lowest BCUT2D eigenvalue weighted by Gasteiger charge is -2.43. The Kier molecular flexibility index (Phi) is 8.80. The van der Waals surface area contributed by atoms with Crippen molar-refractivity contribution in [3.63, 3.8) is 0 Å². The molecule has 2 aromatic rings. The number of likely N-dealkylation sites (N-methyl/N-ethyl adjacent to an activating group) is 2. The van der Waals surface area contributed by atoms with Crippen LogP contribution in [0.15, 0.2) is 61.2 Å². The van der Waals surface area contributed by atoms with Crippen LogP contribution in [0.5, 0.6) is 5.75 Å². The van der Waals surface area contributed by atoms with Gasteiger partial charge in [-0.2, -0.15) is 13.2 Å². The van der Waals surface area contributed by atoms with E-state index in [9.17, 15) is 22.8 Å². The molecule has 2 aromatic carbocycles. The summed E-state index contributed by atoms with van der Waals surface area (Å²) in [6, 6.07) is 12.9. The van der Waals surface area contributed by atoms with Crippen LogP contribution in [-0.2, 0) is 10.3 Å². The van der Waals surface area contributed by atoms with E-state index in [4.69, 9.17) is 27.9 Å². The van der Waals surface area contributed by atoms with Crippen LogP contribution >= 0.6 is 23.2 Å². The molecule has 0 saturated carbocycles. The highest BCUT2D eigenvalue weighted by Gasteiger charge is 2.43. The fourth-order valence-electron chi connectivity index (χ4n) is 3.35. The number of benzene rings is 2. The Bertz CT molecular complexity index is 1000. The summed E-state index contributed by atoms with van der Waals surface area (Å²) in [5.74, 6) is -0.877. The first-order valence-corrected chi connectivity index (χ1v) is 10.5. The van der Waals surface area contributed by atoms with Crippen molar-refractivity contribution in [2.45, 2.75) is 24.6 Å². The molecule has 0 spiro atoms. The van der Waals surface area contributed by atoms with Crippen molar-refractivity contribution >= 4 is 35.2 Å². The molecule has 0 aliphatic heterocycles. The predicted octanol–water partition coefficient (Wildman–Crippen LogP) is 6.31. The number of nitrogens with zero attached hydrogens (tertiary/aromatic N) is 2. The van der Waals surface area contributed by atoms with Gasteiger partial charge in [0.2, 0.25) is 5.91 Å². The maximum absolute atomic E-state index is 13.1. The molecule has 178 valence electrons. The van der Waals surface area contributed by atoms with Gasteiger partial charge in [0.15, 0.2) is 0 Å². The average Bonchev–Trinajstić information content (AvgIpc) is 2.74. The van der Waals surface area contributed by atoms with Gasteiger partial charge in [0, 0.05) is 20.6 Å². The number of amides is 2. The van der Waals surface area contributed by atoms with Gasteiger partial charge in [-0.1, -0.05) is 53.5 Å². The number of alkyl halides is 3. The molecule has 0 bridgehead atoms. The van der Waals surface area contributed by atoms with E-state index in [2.05, 4.69) is 6.58 Å². The Morgan fingerprint density at radius 1 is 1.06 bits per heavy atom. The van der Waals surface area contributed by atoms with Crippen molar-refractivity contribution in [3.8, 4) is 5.75 Å². The number of hydrogen-bond donors (Lipinski definition) is 0. The Balaban J connectivity index is 2.51. The Morgan fingerprint density at radius 3 is 2.24 bits per heavy atom. The number of carbonyl (C=O) groups excluding carboxylic acids is 2. The van der Waals surface area contributed by atoms with Crippen LogP contribution in [0.2, 0.25) is 10.0 Å². The van der Waals surface area contributed by atoms with Crippen molar-refractivity contribution in [2.75, 3.05) is 20.6 Å². The number of hydrogen-bond acceptors (Lipinski definition) is 3. The summed E-state index contributed by atoms with van der Waals surface area (Å²) in [6.07, 6.45) is -5.52. The van der Waals surface area contributed by atoms with E-state index in [-0.39, 0.29) is 28.8 Å². The third kappa shape index (κ3) is 6.88. The summed E-state index contributed by atoms with van der Waals surface area (Å²) >= 11 is 12.2. The molecule has 1 atom stereocenters. The fourth-order valence-corrected chi connectivity index (χ4v) is 3.65. The van der Waals surface area contributed by atoms with Crippen molar-refractivity contribution in [1.29, 1.82) is 0 Å². The summed E-state index contributed by atoms with van der Waals surface area (Å²) in [7, 11) is 2.67. The minimum Gasteiger partial charge on any atom is -0.410 e. The quantitative estimate of drug-likeness (QED) is 0.397. The van der Waals surface area contributed by atoms with Gasteiger partial charge in [-0.3, -0.25) is 9.69 Å². The summed E-state index contributed by atoms with van der Waals surface area (Å²) in [5, 5.41) is 0.431. The molecule has 0 radical (unpaired) electrons. The summed E-state index contributed by atoms with van der Waals surface area (Å²) in [4.78, 5) is 27.5. The van der Waals surface area contributed by atoms with Crippen LogP contribution in [0, 0.1) is 0 Å². The number of ether oxygens (including phenoxy) is 1. The molecule has 5 nitrogen and oxygen atoms in total. The summed E-state index contributed by atoms with van der Waals surface area (Å²) < 4.78 is 43.9. The third-order valence-electron chi connectivity index (χ3n) is 5.08. The fraction of sp³-hybridized carbons (Fsp3) is 0.304. The van der Waals surface area contributed by atoms with Gasteiger partial charge in [-0.15, -0.1) is 6.58 Å². The number of halogens is 5. The molecule has 0 unspecified atom stereocenters. The zero-order valence-corrected chi connectivity index (χ0v) is 19.5. The lowest BCUT2D eigenvalue weighted by Crippen LogP contribution is -2.55. The first-order chi connectivity index (χ1) is 15.4. The van der Waals surface area contributed by atoms with E-state index in [1.54, 1.807) is 36.4 Å². The zero-order valence-electron chi connectivity index (χ0n) is 18.0. The van der Waals surface area contributed by atoms with E-state index in [0.717, 1.165) is 4.90 Å². The van der Waals surface area contributed by atoms with Crippen LogP contribution in [-0.4, -0.2) is 48.6 Å². The SMILES string of the molecule is C=CC[C@@](CN(C)C(=O)CC(F)(F)F)(c1ccc(Cl)c(Cl)c1)N(C)C(=O)Oc1ccccc1. The van der Waals surface area contributed by atoms with Gasteiger partial charge in [0.25, 0.3) is 0 Å². The molecule has 0 N–H and O–H groups in total. The number of carbonyl (C=O) groups is 2. The molecule has 0 saturated heterocycles. The predicted molar refractivity (Wildman–Crippen MR) is 121 cm³/mol. The molecule has 33 heavy (non-hydrogen) atoms. The highest BCUT2D eigenvalue weighted by Crippen LogP contribution is 2.37. The minimum atomic E-state index is -4.67. The second-order valence-corrected chi connectivity index (χ2v) is 8.25. The summed E-state index contributed by atoms with van der Waals surface area (Å²) in [6.45, 7) is 3.44. The third-order valence-corrected chi connectivity index (χ3v) is 5.82. The van der Waals surface area contributed by atoms with Gasteiger partial charge in [-0.25, -0.2) is 4.79 Å². The van der Waals surface area contributed by atoms with Gasteiger partial charge < -0.3 is 9.64 Å².